The van der Waals surface area contributed by atoms with Gasteiger partial charge in [-0.1, -0.05) is 41.1 Å². The van der Waals surface area contributed by atoms with Crippen LogP contribution in [0.2, 0.25) is 10.0 Å². The Balaban J connectivity index is 1.83. The Labute approximate surface area is 171 Å². The Bertz CT molecular complexity index is 1430. The van der Waals surface area contributed by atoms with Crippen molar-refractivity contribution in [3.8, 4) is 17.6 Å². The smallest absolute Gasteiger partial charge is 0.166 e. The van der Waals surface area contributed by atoms with Crippen LogP contribution in [0.1, 0.15) is 11.1 Å². The topological polar surface area (TPSA) is 26.8 Å². The van der Waals surface area contributed by atoms with Gasteiger partial charge in [0.1, 0.15) is 11.3 Å². The van der Waals surface area contributed by atoms with E-state index in [1.807, 2.05) is 60.7 Å². The number of halogens is 2. The Morgan fingerprint density at radius 1 is 0.893 bits per heavy atom. The molecule has 0 amide bonds. The van der Waals surface area contributed by atoms with Gasteiger partial charge in [0.05, 0.1) is 18.2 Å². The van der Waals surface area contributed by atoms with Gasteiger partial charge in [-0.15, -0.1) is 0 Å². The third kappa shape index (κ3) is 2.70. The van der Waals surface area contributed by atoms with Crippen molar-refractivity contribution in [1.29, 1.82) is 0 Å². The van der Waals surface area contributed by atoms with Crippen molar-refractivity contribution < 1.29 is 9.26 Å². The summed E-state index contributed by atoms with van der Waals surface area (Å²) in [6, 6.07) is 19.0. The second-order valence-electron chi connectivity index (χ2n) is 6.39. The van der Waals surface area contributed by atoms with Crippen molar-refractivity contribution in [3.63, 3.8) is 0 Å². The second kappa shape index (κ2) is 6.53. The van der Waals surface area contributed by atoms with E-state index >= 15 is 0 Å². The maximum Gasteiger partial charge on any atom is 0.166 e. The van der Waals surface area contributed by atoms with E-state index in [0.29, 0.717) is 15.6 Å². The lowest BCUT2D eigenvalue weighted by Crippen LogP contribution is -1.83. The molecule has 2 aromatic heterocycles. The van der Waals surface area contributed by atoms with Crippen LogP contribution in [-0.2, 0) is 0 Å². The Kier molecular flexibility index (Phi) is 3.98. The molecule has 3 nitrogen and oxygen atoms in total. The fourth-order valence-electron chi connectivity index (χ4n) is 3.40. The van der Waals surface area contributed by atoms with Crippen LogP contribution in [-0.4, -0.2) is 11.7 Å². The molecular formula is C23H13Cl2NO2. The highest BCUT2D eigenvalue weighted by Crippen LogP contribution is 2.35. The van der Waals surface area contributed by atoms with E-state index in [1.54, 1.807) is 11.7 Å². The van der Waals surface area contributed by atoms with Crippen LogP contribution in [0.4, 0.5) is 0 Å². The van der Waals surface area contributed by atoms with Crippen LogP contribution in [0.3, 0.4) is 0 Å². The molecule has 0 aliphatic carbocycles. The van der Waals surface area contributed by atoms with Crippen LogP contribution in [0.25, 0.3) is 27.4 Å². The van der Waals surface area contributed by atoms with Gasteiger partial charge in [-0.3, -0.25) is 0 Å². The van der Waals surface area contributed by atoms with E-state index in [-0.39, 0.29) is 0 Å². The molecule has 136 valence electrons. The first-order chi connectivity index (χ1) is 13.6. The molecule has 3 aromatic carbocycles. The van der Waals surface area contributed by atoms with E-state index in [2.05, 4.69) is 11.8 Å². The van der Waals surface area contributed by atoms with Crippen molar-refractivity contribution in [2.75, 3.05) is 7.11 Å². The van der Waals surface area contributed by atoms with E-state index in [1.165, 1.54) is 0 Å². The second-order valence-corrected chi connectivity index (χ2v) is 7.27. The molecular weight excluding hydrogens is 393 g/mol. The minimum absolute atomic E-state index is 0.626. The average Bonchev–Trinajstić information content (AvgIpc) is 3.20. The zero-order valence-corrected chi connectivity index (χ0v) is 16.3. The van der Waals surface area contributed by atoms with E-state index < -0.39 is 0 Å². The summed E-state index contributed by atoms with van der Waals surface area (Å²) in [4.78, 5) is 0. The summed E-state index contributed by atoms with van der Waals surface area (Å²) in [6.45, 7) is 0. The molecule has 2 heterocycles. The van der Waals surface area contributed by atoms with Crippen molar-refractivity contribution in [2.45, 2.75) is 0 Å². The van der Waals surface area contributed by atoms with Gasteiger partial charge in [-0.2, -0.15) is 4.57 Å². The standard InChI is InChI=1S/C23H13Cl2NO2/c1-27-17-4-2-3-14(11-17)5-8-18-20-12-15(24)7-10-21(20)26-23(18)19-9-6-16(25)13-22(19)28-26/h2-4,6-7,9-13H,1H3. The molecule has 0 spiro atoms. The predicted molar refractivity (Wildman–Crippen MR) is 114 cm³/mol. The number of nitrogens with zero attached hydrogens (tertiary/aromatic N) is 1. The third-order valence-electron chi connectivity index (χ3n) is 4.68. The highest BCUT2D eigenvalue weighted by atomic mass is 35.5. The highest BCUT2D eigenvalue weighted by molar-refractivity contribution is 6.32. The molecule has 0 fully saturated rings. The number of hydrogen-bond donors (Lipinski definition) is 0. The SMILES string of the molecule is COc1cccc(C#Cc2c3cc(Cl)ccc3n3oc4cc(Cl)ccc4c23)c1. The van der Waals surface area contributed by atoms with Gasteiger partial charge >= 0.3 is 0 Å². The average molecular weight is 406 g/mol. The molecule has 5 rings (SSSR count). The summed E-state index contributed by atoms with van der Waals surface area (Å²) in [6.07, 6.45) is 0. The first kappa shape index (κ1) is 17.1. The van der Waals surface area contributed by atoms with E-state index in [4.69, 9.17) is 32.5 Å². The number of benzene rings is 3. The van der Waals surface area contributed by atoms with Gasteiger partial charge in [-0.05, 0) is 48.5 Å². The fourth-order valence-corrected chi connectivity index (χ4v) is 3.74. The first-order valence-electron chi connectivity index (χ1n) is 8.62. The molecule has 0 atom stereocenters. The molecule has 5 heteroatoms. The van der Waals surface area contributed by atoms with Crippen LogP contribution >= 0.6 is 23.2 Å². The predicted octanol–water partition coefficient (Wildman–Crippen LogP) is 6.55. The molecule has 0 bridgehead atoms. The summed E-state index contributed by atoms with van der Waals surface area (Å²) in [5.74, 6) is 7.33. The fraction of sp³-hybridized carbons (Fsp3) is 0.0435. The first-order valence-corrected chi connectivity index (χ1v) is 9.38. The molecule has 0 unspecified atom stereocenters. The van der Waals surface area contributed by atoms with Crippen LogP contribution in [0, 0.1) is 11.8 Å². The van der Waals surface area contributed by atoms with Gasteiger partial charge in [0.2, 0.25) is 0 Å². The molecule has 28 heavy (non-hydrogen) atoms. The molecule has 0 N–H and O–H groups in total. The molecule has 0 aliphatic heterocycles. The number of hydrogen-bond acceptors (Lipinski definition) is 2. The summed E-state index contributed by atoms with van der Waals surface area (Å²) in [5.41, 5.74) is 4.25. The maximum absolute atomic E-state index is 6.26. The lowest BCUT2D eigenvalue weighted by atomic mass is 10.1. The normalized spacial score (nSPS) is 11.1. The monoisotopic (exact) mass is 405 g/mol. The lowest BCUT2D eigenvalue weighted by Gasteiger charge is -1.98. The lowest BCUT2D eigenvalue weighted by molar-refractivity contribution is 0.414. The zero-order chi connectivity index (χ0) is 19.3. The van der Waals surface area contributed by atoms with Gasteiger partial charge in [0.15, 0.2) is 5.58 Å². The van der Waals surface area contributed by atoms with Crippen molar-refractivity contribution in [2.24, 2.45) is 0 Å². The summed E-state index contributed by atoms with van der Waals surface area (Å²) in [5, 5.41) is 3.17. The number of aromatic nitrogens is 1. The van der Waals surface area contributed by atoms with Crippen molar-refractivity contribution in [3.05, 3.63) is 81.8 Å². The van der Waals surface area contributed by atoms with Gasteiger partial charge in [0.25, 0.3) is 0 Å². The number of rotatable bonds is 1. The van der Waals surface area contributed by atoms with Crippen LogP contribution in [0.15, 0.2) is 65.2 Å². The largest absolute Gasteiger partial charge is 0.497 e. The molecule has 0 radical (unpaired) electrons. The Morgan fingerprint density at radius 2 is 1.71 bits per heavy atom. The van der Waals surface area contributed by atoms with E-state index in [9.17, 15) is 0 Å². The zero-order valence-electron chi connectivity index (χ0n) is 14.8. The van der Waals surface area contributed by atoms with Crippen LogP contribution < -0.4 is 4.74 Å². The molecule has 0 saturated carbocycles. The third-order valence-corrected chi connectivity index (χ3v) is 5.15. The quantitative estimate of drug-likeness (QED) is 0.295. The van der Waals surface area contributed by atoms with Crippen LogP contribution in [0.5, 0.6) is 5.75 Å². The minimum Gasteiger partial charge on any atom is -0.497 e. The molecule has 0 saturated heterocycles. The number of methoxy groups -OCH3 is 1. The van der Waals surface area contributed by atoms with Gasteiger partial charge in [-0.25, -0.2) is 0 Å². The maximum atomic E-state index is 6.26. The summed E-state index contributed by atoms with van der Waals surface area (Å²) >= 11 is 12.4. The molecule has 5 aromatic rings. The van der Waals surface area contributed by atoms with Crippen molar-refractivity contribution >= 4 is 50.6 Å². The van der Waals surface area contributed by atoms with E-state index in [0.717, 1.165) is 38.7 Å². The minimum atomic E-state index is 0.626. The highest BCUT2D eigenvalue weighted by Gasteiger charge is 2.18. The Morgan fingerprint density at radius 3 is 2.57 bits per heavy atom. The van der Waals surface area contributed by atoms with Gasteiger partial charge < -0.3 is 9.26 Å². The number of ether oxygens (including phenoxy) is 1. The van der Waals surface area contributed by atoms with Gasteiger partial charge in [0, 0.05) is 32.4 Å². The molecule has 0 aliphatic rings. The summed E-state index contributed by atoms with van der Waals surface area (Å²) in [7, 11) is 1.64. The number of fused-ring (bicyclic) bond motifs is 5. The Hall–Kier alpha value is -3.06. The summed E-state index contributed by atoms with van der Waals surface area (Å²) < 4.78 is 13.1. The van der Waals surface area contributed by atoms with Crippen molar-refractivity contribution in [1.82, 2.24) is 4.57 Å².